The van der Waals surface area contributed by atoms with Crippen LogP contribution in [0.15, 0.2) is 0 Å². The van der Waals surface area contributed by atoms with E-state index in [9.17, 15) is 0 Å². The molecular weight excluding hydrogens is 112 g/mol. The average molecular weight is 122 g/mol. The van der Waals surface area contributed by atoms with Gasteiger partial charge in [0.05, 0.1) is 0 Å². The molecule has 0 radical (unpaired) electrons. The summed E-state index contributed by atoms with van der Waals surface area (Å²) in [5, 5.41) is 0. The van der Waals surface area contributed by atoms with Crippen LogP contribution in [-0.2, 0) is 23.7 Å². The van der Waals surface area contributed by atoms with Gasteiger partial charge in [0.15, 0.2) is 0 Å². The third kappa shape index (κ3) is 211. The molecule has 0 spiro atoms. The predicted octanol–water partition coefficient (Wildman–Crippen LogP) is 1.56. The Labute approximate surface area is 51.9 Å². The van der Waals surface area contributed by atoms with E-state index in [0.29, 0.717) is 0 Å². The standard InChI is InChI=1S/2C2H5.O.Ti/c2*1-2;;/h2*1H2,2H3;;/q2*-1;;+2. The van der Waals surface area contributed by atoms with Gasteiger partial charge in [0.25, 0.3) is 0 Å². The normalized spacial score (nSPS) is 3.00. The van der Waals surface area contributed by atoms with Crippen molar-refractivity contribution >= 4 is 0 Å². The molecule has 0 N–H and O–H groups in total. The summed E-state index contributed by atoms with van der Waals surface area (Å²) in [6.07, 6.45) is 0. The van der Waals surface area contributed by atoms with Crippen LogP contribution in [0, 0.1) is 13.8 Å². The van der Waals surface area contributed by atoms with Gasteiger partial charge >= 0.3 is 23.7 Å². The molecular formula is C4H10OTi. The van der Waals surface area contributed by atoms with Crippen LogP contribution in [0.2, 0.25) is 0 Å². The molecule has 0 aliphatic heterocycles. The molecule has 0 aromatic carbocycles. The van der Waals surface area contributed by atoms with Crippen LogP contribution in [0.5, 0.6) is 0 Å². The van der Waals surface area contributed by atoms with E-state index in [1.54, 1.807) is 13.8 Å². The summed E-state index contributed by atoms with van der Waals surface area (Å²) in [6.45, 7) is 10.0. The van der Waals surface area contributed by atoms with Crippen molar-refractivity contribution in [3.63, 3.8) is 0 Å². The summed E-state index contributed by atoms with van der Waals surface area (Å²) in [5.41, 5.74) is 0. The van der Waals surface area contributed by atoms with Gasteiger partial charge in [0, 0.05) is 0 Å². The minimum absolute atomic E-state index is 0.750. The monoisotopic (exact) mass is 122 g/mol. The molecule has 0 aliphatic carbocycles. The van der Waals surface area contributed by atoms with Crippen LogP contribution in [0.1, 0.15) is 13.8 Å². The van der Waals surface area contributed by atoms with Gasteiger partial charge in [-0.3, -0.25) is 0 Å². The average Bonchev–Trinajstić information content (AvgIpc) is 1.81. The van der Waals surface area contributed by atoms with Gasteiger partial charge in [-0.15, -0.1) is 0 Å². The SMILES string of the molecule is [CH2-]C.[CH2-]C.[O]=[Ti+2]. The third-order valence-corrected chi connectivity index (χ3v) is 0. The third-order valence-electron chi connectivity index (χ3n) is 0. The number of hydrogen-bond donors (Lipinski definition) is 0. The molecule has 6 heavy (non-hydrogen) atoms. The van der Waals surface area contributed by atoms with Crippen LogP contribution >= 0.6 is 0 Å². The van der Waals surface area contributed by atoms with Crippen molar-refractivity contribution in [2.24, 2.45) is 0 Å². The second kappa shape index (κ2) is 425. The molecule has 0 unspecified atom stereocenters. The van der Waals surface area contributed by atoms with Crippen molar-refractivity contribution in [2.45, 2.75) is 13.8 Å². The van der Waals surface area contributed by atoms with Crippen LogP contribution in [0.4, 0.5) is 0 Å². The zero-order chi connectivity index (χ0) is 6.00. The quantitative estimate of drug-likeness (QED) is 0.352. The van der Waals surface area contributed by atoms with Crippen LogP contribution in [-0.4, -0.2) is 0 Å². The maximum absolute atomic E-state index is 8.25. The molecule has 0 aromatic rings. The summed E-state index contributed by atoms with van der Waals surface area (Å²) >= 11 is 0.750. The molecule has 0 bridgehead atoms. The molecule has 0 atom stereocenters. The van der Waals surface area contributed by atoms with E-state index in [2.05, 4.69) is 13.8 Å². The molecule has 0 saturated heterocycles. The van der Waals surface area contributed by atoms with Gasteiger partial charge in [-0.05, 0) is 0 Å². The fraction of sp³-hybridized carbons (Fsp3) is 0.500. The van der Waals surface area contributed by atoms with Gasteiger partial charge in [0.2, 0.25) is 0 Å². The van der Waals surface area contributed by atoms with Crippen molar-refractivity contribution in [3.8, 4) is 0 Å². The Morgan fingerprint density at radius 2 is 1.00 bits per heavy atom. The van der Waals surface area contributed by atoms with E-state index in [1.165, 1.54) is 0 Å². The topological polar surface area (TPSA) is 17.1 Å². The number of hydrogen-bond acceptors (Lipinski definition) is 1. The molecule has 0 saturated carbocycles. The van der Waals surface area contributed by atoms with E-state index in [-0.39, 0.29) is 0 Å². The van der Waals surface area contributed by atoms with E-state index >= 15 is 0 Å². The Balaban J connectivity index is -0.0000000225. The summed E-state index contributed by atoms with van der Waals surface area (Å²) in [5.74, 6) is 0. The maximum atomic E-state index is 8.25. The Morgan fingerprint density at radius 3 is 1.00 bits per heavy atom. The molecule has 1 nitrogen and oxygen atoms in total. The first kappa shape index (κ1) is 16.0. The second-order valence-electron chi connectivity index (χ2n) is 0. The molecule has 2 heteroatoms. The predicted molar refractivity (Wildman–Crippen MR) is 22.7 cm³/mol. The summed E-state index contributed by atoms with van der Waals surface area (Å²) < 4.78 is 8.25. The molecule has 0 fully saturated rings. The molecule has 36 valence electrons. The summed E-state index contributed by atoms with van der Waals surface area (Å²) in [7, 11) is 0. The van der Waals surface area contributed by atoms with Gasteiger partial charge < -0.3 is 13.8 Å². The summed E-state index contributed by atoms with van der Waals surface area (Å²) in [4.78, 5) is 0. The van der Waals surface area contributed by atoms with E-state index < -0.39 is 0 Å². The van der Waals surface area contributed by atoms with Crippen LogP contribution in [0.25, 0.3) is 0 Å². The molecule has 0 aromatic heterocycles. The zero-order valence-electron chi connectivity index (χ0n) is 4.32. The molecule has 0 rings (SSSR count). The van der Waals surface area contributed by atoms with E-state index in [4.69, 9.17) is 3.32 Å². The first-order valence-electron chi connectivity index (χ1n) is 1.62. The van der Waals surface area contributed by atoms with Crippen molar-refractivity contribution < 1.29 is 23.7 Å². The van der Waals surface area contributed by atoms with Crippen LogP contribution in [0.3, 0.4) is 0 Å². The minimum atomic E-state index is 0.750. The van der Waals surface area contributed by atoms with Crippen molar-refractivity contribution in [2.75, 3.05) is 0 Å². The Morgan fingerprint density at radius 1 is 1.00 bits per heavy atom. The number of rotatable bonds is 0. The fourth-order valence-electron chi connectivity index (χ4n) is 0. The second-order valence-corrected chi connectivity index (χ2v) is 0. The Kier molecular flexibility index (Phi) is 1140. The molecule has 0 heterocycles. The van der Waals surface area contributed by atoms with Gasteiger partial charge in [-0.1, -0.05) is 0 Å². The van der Waals surface area contributed by atoms with E-state index in [0.717, 1.165) is 20.4 Å². The molecule has 0 aliphatic rings. The Bertz CT molecular complexity index is 7.51. The Hall–Kier alpha value is 0.514. The van der Waals surface area contributed by atoms with Crippen molar-refractivity contribution in [1.29, 1.82) is 0 Å². The van der Waals surface area contributed by atoms with Gasteiger partial charge in [0.1, 0.15) is 0 Å². The zero-order valence-corrected chi connectivity index (χ0v) is 5.88. The van der Waals surface area contributed by atoms with E-state index in [1.807, 2.05) is 0 Å². The van der Waals surface area contributed by atoms with Crippen LogP contribution < -0.4 is 0 Å². The fourth-order valence-corrected chi connectivity index (χ4v) is 0. The van der Waals surface area contributed by atoms with Gasteiger partial charge in [-0.25, -0.2) is 0 Å². The van der Waals surface area contributed by atoms with Gasteiger partial charge in [-0.2, -0.15) is 13.8 Å². The first-order valence-corrected chi connectivity index (χ1v) is 2.26. The first-order chi connectivity index (χ1) is 3.00. The summed E-state index contributed by atoms with van der Waals surface area (Å²) in [6, 6.07) is 0. The van der Waals surface area contributed by atoms with Crippen molar-refractivity contribution in [1.82, 2.24) is 0 Å². The molecule has 0 amide bonds. The van der Waals surface area contributed by atoms with Crippen molar-refractivity contribution in [3.05, 3.63) is 13.8 Å².